The number of benzene rings is 1. The summed E-state index contributed by atoms with van der Waals surface area (Å²) in [5.41, 5.74) is 0.837. The summed E-state index contributed by atoms with van der Waals surface area (Å²) in [5, 5.41) is 0. The van der Waals surface area contributed by atoms with E-state index in [1.807, 2.05) is 4.90 Å². The fourth-order valence-electron chi connectivity index (χ4n) is 2.39. The molecule has 1 amide bonds. The zero-order valence-electron chi connectivity index (χ0n) is 12.3. The monoisotopic (exact) mass is 294 g/mol. The molecule has 2 rings (SSSR count). The molecule has 0 unspecified atom stereocenters. The number of piperazine rings is 1. The maximum Gasteiger partial charge on any atom is 0.248 e. The van der Waals surface area contributed by atoms with Crippen molar-refractivity contribution in [2.45, 2.75) is 6.92 Å². The maximum absolute atomic E-state index is 14.1. The highest BCUT2D eigenvalue weighted by Gasteiger charge is 2.22. The number of carbonyl (C=O) groups excluding carboxylic acids is 2. The molecular weight excluding hydrogens is 275 g/mol. The fourth-order valence-corrected chi connectivity index (χ4v) is 2.39. The van der Waals surface area contributed by atoms with Gasteiger partial charge in [0.05, 0.1) is 5.69 Å². The highest BCUT2D eigenvalue weighted by molar-refractivity contribution is 5.94. The van der Waals surface area contributed by atoms with Crippen molar-refractivity contribution in [1.29, 1.82) is 0 Å². The number of carbonyl (C=O) groups is 2. The summed E-state index contributed by atoms with van der Waals surface area (Å²) < 4.78 is 18.9. The first kappa shape index (κ1) is 15.4. The number of methoxy groups -OCH3 is 1. The van der Waals surface area contributed by atoms with Gasteiger partial charge in [0.15, 0.2) is 5.78 Å². The summed E-state index contributed by atoms with van der Waals surface area (Å²) in [6, 6.07) is 4.52. The molecule has 1 aromatic rings. The predicted molar refractivity (Wildman–Crippen MR) is 77.1 cm³/mol. The normalized spacial score (nSPS) is 15.2. The molecule has 0 spiro atoms. The zero-order chi connectivity index (χ0) is 15.4. The third-order valence-corrected chi connectivity index (χ3v) is 3.60. The molecule has 114 valence electrons. The van der Waals surface area contributed by atoms with Gasteiger partial charge in [-0.25, -0.2) is 4.39 Å². The van der Waals surface area contributed by atoms with Crippen molar-refractivity contribution in [3.05, 3.63) is 29.6 Å². The number of ketones is 1. The van der Waals surface area contributed by atoms with Crippen LogP contribution >= 0.6 is 0 Å². The third-order valence-electron chi connectivity index (χ3n) is 3.60. The van der Waals surface area contributed by atoms with Crippen molar-refractivity contribution < 1.29 is 18.7 Å². The molecular formula is C15H19FN2O3. The summed E-state index contributed by atoms with van der Waals surface area (Å²) in [5.74, 6) is -0.612. The third kappa shape index (κ3) is 3.58. The molecule has 5 nitrogen and oxygen atoms in total. The Hall–Kier alpha value is -1.95. The van der Waals surface area contributed by atoms with E-state index >= 15 is 0 Å². The molecule has 1 aromatic carbocycles. The second-order valence-corrected chi connectivity index (χ2v) is 5.02. The minimum absolute atomic E-state index is 0.0513. The summed E-state index contributed by atoms with van der Waals surface area (Å²) in [7, 11) is 1.49. The molecule has 21 heavy (non-hydrogen) atoms. The Morgan fingerprint density at radius 3 is 2.43 bits per heavy atom. The first-order valence-corrected chi connectivity index (χ1v) is 6.85. The van der Waals surface area contributed by atoms with E-state index < -0.39 is 5.82 Å². The van der Waals surface area contributed by atoms with Crippen LogP contribution in [0.15, 0.2) is 18.2 Å². The minimum Gasteiger partial charge on any atom is -0.375 e. The van der Waals surface area contributed by atoms with Crippen molar-refractivity contribution in [3.8, 4) is 0 Å². The highest BCUT2D eigenvalue weighted by atomic mass is 19.1. The van der Waals surface area contributed by atoms with Gasteiger partial charge in [0.2, 0.25) is 5.91 Å². The Bertz CT molecular complexity index is 540. The predicted octanol–water partition coefficient (Wildman–Crippen LogP) is 1.32. The molecule has 6 heteroatoms. The van der Waals surface area contributed by atoms with Crippen LogP contribution in [0, 0.1) is 5.82 Å². The summed E-state index contributed by atoms with van der Waals surface area (Å²) >= 11 is 0. The van der Waals surface area contributed by atoms with E-state index in [1.165, 1.54) is 20.1 Å². The Morgan fingerprint density at radius 1 is 1.24 bits per heavy atom. The lowest BCUT2D eigenvalue weighted by Crippen LogP contribution is -2.50. The summed E-state index contributed by atoms with van der Waals surface area (Å²) in [4.78, 5) is 26.5. The van der Waals surface area contributed by atoms with Crippen molar-refractivity contribution in [2.24, 2.45) is 0 Å². The standard InChI is InChI=1S/C15H19FN2O3/c1-11(19)12-3-4-14(13(16)9-12)17-5-7-18(8-6-17)15(20)10-21-2/h3-4,9H,5-8,10H2,1-2H3. The molecule has 0 saturated carbocycles. The molecule has 0 radical (unpaired) electrons. The van der Waals surface area contributed by atoms with Crippen LogP contribution in [0.25, 0.3) is 0 Å². The number of rotatable bonds is 4. The lowest BCUT2D eigenvalue weighted by molar-refractivity contribution is -0.135. The van der Waals surface area contributed by atoms with E-state index in [1.54, 1.807) is 17.0 Å². The minimum atomic E-state index is -0.403. The van der Waals surface area contributed by atoms with Crippen LogP contribution in [0.2, 0.25) is 0 Å². The van der Waals surface area contributed by atoms with Crippen LogP contribution in [-0.4, -0.2) is 56.5 Å². The van der Waals surface area contributed by atoms with Crippen LogP contribution in [0.5, 0.6) is 0 Å². The largest absolute Gasteiger partial charge is 0.375 e. The van der Waals surface area contributed by atoms with Gasteiger partial charge < -0.3 is 14.5 Å². The number of Topliss-reactive ketones (excluding diaryl/α,β-unsaturated/α-hetero) is 1. The van der Waals surface area contributed by atoms with Gasteiger partial charge in [0.1, 0.15) is 12.4 Å². The van der Waals surface area contributed by atoms with Gasteiger partial charge in [0.25, 0.3) is 0 Å². The Morgan fingerprint density at radius 2 is 1.90 bits per heavy atom. The first-order chi connectivity index (χ1) is 10.0. The van der Waals surface area contributed by atoms with Gasteiger partial charge >= 0.3 is 0 Å². The fraction of sp³-hybridized carbons (Fsp3) is 0.467. The van der Waals surface area contributed by atoms with E-state index in [4.69, 9.17) is 4.74 Å². The van der Waals surface area contributed by atoms with Crippen LogP contribution in [0.1, 0.15) is 17.3 Å². The van der Waals surface area contributed by atoms with Crippen LogP contribution in [0.3, 0.4) is 0 Å². The average Bonchev–Trinajstić information content (AvgIpc) is 2.47. The number of hydrogen-bond acceptors (Lipinski definition) is 4. The molecule has 0 aromatic heterocycles. The number of ether oxygens (including phenoxy) is 1. The van der Waals surface area contributed by atoms with Crippen molar-refractivity contribution in [3.63, 3.8) is 0 Å². The van der Waals surface area contributed by atoms with Gasteiger partial charge in [-0.3, -0.25) is 9.59 Å². The topological polar surface area (TPSA) is 49.9 Å². The van der Waals surface area contributed by atoms with Gasteiger partial charge in [-0.1, -0.05) is 0 Å². The molecule has 1 heterocycles. The second kappa shape index (κ2) is 6.67. The molecule has 1 aliphatic heterocycles. The van der Waals surface area contributed by atoms with Gasteiger partial charge in [0, 0.05) is 38.9 Å². The number of nitrogens with zero attached hydrogens (tertiary/aromatic N) is 2. The quantitative estimate of drug-likeness (QED) is 0.786. The number of anilines is 1. The molecule has 0 atom stereocenters. The van der Waals surface area contributed by atoms with Crippen molar-refractivity contribution >= 4 is 17.4 Å². The van der Waals surface area contributed by atoms with E-state index in [9.17, 15) is 14.0 Å². The molecule has 0 aliphatic carbocycles. The molecule has 0 N–H and O–H groups in total. The Labute approximate surface area is 123 Å². The molecule has 1 saturated heterocycles. The van der Waals surface area contributed by atoms with Crippen molar-refractivity contribution in [2.75, 3.05) is 44.8 Å². The van der Waals surface area contributed by atoms with E-state index in [2.05, 4.69) is 0 Å². The lowest BCUT2D eigenvalue weighted by Gasteiger charge is -2.36. The van der Waals surface area contributed by atoms with E-state index in [-0.39, 0.29) is 18.3 Å². The zero-order valence-corrected chi connectivity index (χ0v) is 12.3. The van der Waals surface area contributed by atoms with Gasteiger partial charge in [-0.2, -0.15) is 0 Å². The highest BCUT2D eigenvalue weighted by Crippen LogP contribution is 2.22. The van der Waals surface area contributed by atoms with Crippen LogP contribution in [0.4, 0.5) is 10.1 Å². The van der Waals surface area contributed by atoms with Crippen molar-refractivity contribution in [1.82, 2.24) is 4.90 Å². The average molecular weight is 294 g/mol. The second-order valence-electron chi connectivity index (χ2n) is 5.02. The summed E-state index contributed by atoms with van der Waals surface area (Å²) in [6.45, 7) is 3.68. The maximum atomic E-state index is 14.1. The first-order valence-electron chi connectivity index (χ1n) is 6.85. The van der Waals surface area contributed by atoms with Gasteiger partial charge in [-0.15, -0.1) is 0 Å². The van der Waals surface area contributed by atoms with Gasteiger partial charge in [-0.05, 0) is 25.1 Å². The smallest absolute Gasteiger partial charge is 0.248 e. The number of halogens is 1. The van der Waals surface area contributed by atoms with E-state index in [0.29, 0.717) is 37.4 Å². The molecule has 0 bridgehead atoms. The van der Waals surface area contributed by atoms with Crippen LogP contribution < -0.4 is 4.90 Å². The number of hydrogen-bond donors (Lipinski definition) is 0. The Balaban J connectivity index is 2.02. The van der Waals surface area contributed by atoms with Crippen LogP contribution in [-0.2, 0) is 9.53 Å². The SMILES string of the molecule is COCC(=O)N1CCN(c2ccc(C(C)=O)cc2F)CC1. The number of amides is 1. The molecule has 1 aliphatic rings. The Kier molecular flexibility index (Phi) is 4.90. The van der Waals surface area contributed by atoms with E-state index in [0.717, 1.165) is 0 Å². The summed E-state index contributed by atoms with van der Waals surface area (Å²) in [6.07, 6.45) is 0. The lowest BCUT2D eigenvalue weighted by atomic mass is 10.1. The molecule has 1 fully saturated rings.